The zero-order chi connectivity index (χ0) is 48.6. The van der Waals surface area contributed by atoms with Gasteiger partial charge in [-0.2, -0.15) is 0 Å². The third-order valence-corrected chi connectivity index (χ3v) is 19.7. The van der Waals surface area contributed by atoms with Crippen LogP contribution in [0, 0.1) is 5.92 Å². The molecule has 0 aromatic heterocycles. The van der Waals surface area contributed by atoms with Crippen molar-refractivity contribution in [3.63, 3.8) is 0 Å². The zero-order valence-electron chi connectivity index (χ0n) is 44.7. The third-order valence-electron chi connectivity index (χ3n) is 10.8. The van der Waals surface area contributed by atoms with E-state index in [1.165, 1.54) is 23.5 Å². The third kappa shape index (κ3) is 21.4. The topological polar surface area (TPSA) is 84.0 Å². The molecule has 0 saturated heterocycles. The van der Waals surface area contributed by atoms with Crippen LogP contribution in [-0.2, 0) is 28.1 Å². The van der Waals surface area contributed by atoms with E-state index in [2.05, 4.69) is 185 Å². The van der Waals surface area contributed by atoms with Gasteiger partial charge in [-0.05, 0) is 166 Å². The Hall–Kier alpha value is 0.580. The molecule has 0 radical (unpaired) electrons. The van der Waals surface area contributed by atoms with Crippen LogP contribution in [0.5, 0.6) is 0 Å². The van der Waals surface area contributed by atoms with E-state index in [4.69, 9.17) is 18.5 Å². The maximum absolute atomic E-state index is 12.3. The monoisotopic (exact) mass is 943 g/mol. The Morgan fingerprint density at radius 2 is 0.869 bits per heavy atom. The molecule has 0 atom stereocenters. The molecule has 0 aliphatic rings. The predicted molar refractivity (Wildman–Crippen MR) is 273 cm³/mol. The lowest BCUT2D eigenvalue weighted by Gasteiger charge is -2.54. The van der Waals surface area contributed by atoms with Crippen LogP contribution in [0.2, 0.25) is 0 Å². The summed E-state index contributed by atoms with van der Waals surface area (Å²) in [6.45, 7) is 60.2. The number of carbonyl (C=O) groups is 2. The Morgan fingerprint density at radius 1 is 0.508 bits per heavy atom. The van der Waals surface area contributed by atoms with Crippen LogP contribution in [0.3, 0.4) is 0 Å². The van der Waals surface area contributed by atoms with Gasteiger partial charge in [-0.25, -0.2) is 18.7 Å². The Labute approximate surface area is 390 Å². The quantitative estimate of drug-likeness (QED) is 0.0553. The molecule has 0 amide bonds. The molecule has 0 fully saturated rings. The summed E-state index contributed by atoms with van der Waals surface area (Å²) in [7, 11) is -1.92. The highest BCUT2D eigenvalue weighted by Crippen LogP contribution is 2.56. The lowest BCUT2D eigenvalue weighted by Crippen LogP contribution is -2.58. The van der Waals surface area contributed by atoms with E-state index in [1.807, 2.05) is 20.8 Å². The molecule has 366 valence electrons. The van der Waals surface area contributed by atoms with Crippen molar-refractivity contribution < 1.29 is 28.1 Å². The lowest BCUT2D eigenvalue weighted by atomic mass is 9.86. The zero-order valence-corrected chi connectivity index (χ0v) is 48.1. The van der Waals surface area contributed by atoms with Crippen LogP contribution in [0.1, 0.15) is 193 Å². The summed E-state index contributed by atoms with van der Waals surface area (Å²) in [4.78, 5) is 23.9. The van der Waals surface area contributed by atoms with E-state index in [0.717, 1.165) is 0 Å². The number of rotatable bonds is 28. The Bertz CT molecular complexity index is 1160. The highest BCUT2D eigenvalue weighted by molar-refractivity contribution is 8.14. The van der Waals surface area contributed by atoms with Crippen molar-refractivity contribution in [3.05, 3.63) is 0 Å². The van der Waals surface area contributed by atoms with Gasteiger partial charge in [0.25, 0.3) is 0 Å². The first kappa shape index (κ1) is 63.7. The first-order valence-corrected chi connectivity index (χ1v) is 27.4. The van der Waals surface area contributed by atoms with E-state index in [1.54, 1.807) is 0 Å². The van der Waals surface area contributed by atoms with Crippen LogP contribution in [0.4, 0.5) is 0 Å². The molecule has 14 heteroatoms. The number of ether oxygens (including phenoxy) is 2. The van der Waals surface area contributed by atoms with E-state index < -0.39 is 33.7 Å². The average molecular weight is 943 g/mol. The second-order valence-corrected chi connectivity index (χ2v) is 26.7. The van der Waals surface area contributed by atoms with Crippen molar-refractivity contribution in [1.29, 1.82) is 0 Å². The fourth-order valence-corrected chi connectivity index (χ4v) is 13.5. The molecular formula is C47H100N4O6P2S2. The number of nitrogens with zero attached hydrogens (tertiary/aromatic N) is 4. The van der Waals surface area contributed by atoms with Gasteiger partial charge in [0, 0.05) is 71.2 Å². The Kier molecular flexibility index (Phi) is 29.9. The molecule has 0 aliphatic heterocycles. The van der Waals surface area contributed by atoms with Gasteiger partial charge in [-0.1, -0.05) is 44.3 Å². The van der Waals surface area contributed by atoms with Crippen molar-refractivity contribution in [3.8, 4) is 0 Å². The largest absolute Gasteiger partial charge is 0.378 e. The summed E-state index contributed by atoms with van der Waals surface area (Å²) in [5.74, 6) is 0.790. The second kappa shape index (κ2) is 28.7. The summed E-state index contributed by atoms with van der Waals surface area (Å²) in [6, 6.07) is 3.03. The van der Waals surface area contributed by atoms with E-state index >= 15 is 0 Å². The fraction of sp³-hybridized carbons (Fsp3) is 0.957. The van der Waals surface area contributed by atoms with Crippen LogP contribution < -0.4 is 0 Å². The van der Waals surface area contributed by atoms with Gasteiger partial charge < -0.3 is 18.5 Å². The van der Waals surface area contributed by atoms with Gasteiger partial charge >= 0.3 is 0 Å². The molecule has 0 unspecified atom stereocenters. The predicted octanol–water partition coefficient (Wildman–Crippen LogP) is 13.7. The molecule has 0 spiro atoms. The fourth-order valence-electron chi connectivity index (χ4n) is 6.76. The molecular weight excluding hydrogens is 843 g/mol. The van der Waals surface area contributed by atoms with Gasteiger partial charge in [-0.15, -0.1) is 0 Å². The summed E-state index contributed by atoms with van der Waals surface area (Å²) >= 11 is 2.74. The SMILES string of the molecule is CC(C)C(=O)SCCOCCOP(N(C(C)C)C(C)C)N(C(C)C)C(C)C.CCC(=O)SC(C)(C)C(C)(C)OC(C)(C)C(C)(C)OP(N(C(C)C)C(C)C)N(C(C)C)C(C)C. The van der Waals surface area contributed by atoms with Crippen molar-refractivity contribution in [2.24, 2.45) is 5.92 Å². The van der Waals surface area contributed by atoms with Crippen molar-refractivity contribution in [2.75, 3.05) is 25.6 Å². The molecule has 0 N–H and O–H groups in total. The molecule has 0 rings (SSSR count). The lowest BCUT2D eigenvalue weighted by molar-refractivity contribution is -0.203. The van der Waals surface area contributed by atoms with Crippen LogP contribution in [-0.4, -0.2) is 124 Å². The highest BCUT2D eigenvalue weighted by atomic mass is 32.2. The van der Waals surface area contributed by atoms with E-state index in [0.29, 0.717) is 80.3 Å². The molecule has 10 nitrogen and oxygen atoms in total. The maximum Gasteiger partial charge on any atom is 0.191 e. The molecule has 0 aliphatic carbocycles. The number of carbonyl (C=O) groups excluding carboxylic acids is 2. The molecule has 0 heterocycles. The van der Waals surface area contributed by atoms with Gasteiger partial charge in [0.1, 0.15) is 0 Å². The molecule has 61 heavy (non-hydrogen) atoms. The average Bonchev–Trinajstić information content (AvgIpc) is 3.05. The summed E-state index contributed by atoms with van der Waals surface area (Å²) in [5, 5.41) is 0.417. The molecule has 0 saturated carbocycles. The summed E-state index contributed by atoms with van der Waals surface area (Å²) in [5.41, 5.74) is -1.75. The standard InChI is InChI=1S/C27H57N2O3PS.C20H43N2O3PS/c1-18-23(30)34-27(16,17)26(14,15)31-24(10,11)25(12,13)32-33(28(19(2)3)20(4)5)29(21(6)7)22(8)9;1-15(2)20(23)27-14-13-24-11-12-25-26(21(16(3)4)17(5)6)22(18(7)8)19(9)10/h19-22H,18H2,1-17H3;15-19H,11-14H2,1-10H3. The summed E-state index contributed by atoms with van der Waals surface area (Å²) < 4.78 is 35.7. The van der Waals surface area contributed by atoms with Crippen molar-refractivity contribution in [2.45, 2.75) is 263 Å². The van der Waals surface area contributed by atoms with Gasteiger partial charge in [0.15, 0.2) is 27.1 Å². The molecule has 0 aromatic rings. The highest BCUT2D eigenvalue weighted by Gasteiger charge is 2.51. The Balaban J connectivity index is 0. The normalized spacial score (nSPS) is 13.9. The van der Waals surface area contributed by atoms with Crippen LogP contribution >= 0.6 is 40.4 Å². The first-order valence-electron chi connectivity index (χ1n) is 23.3. The van der Waals surface area contributed by atoms with Gasteiger partial charge in [0.05, 0.1) is 36.6 Å². The van der Waals surface area contributed by atoms with Crippen LogP contribution in [0.15, 0.2) is 0 Å². The number of hydrogen-bond donors (Lipinski definition) is 0. The van der Waals surface area contributed by atoms with Crippen molar-refractivity contribution >= 4 is 50.7 Å². The Morgan fingerprint density at radius 3 is 1.20 bits per heavy atom. The number of hydrogen-bond acceptors (Lipinski definition) is 12. The van der Waals surface area contributed by atoms with E-state index in [9.17, 15) is 9.59 Å². The van der Waals surface area contributed by atoms with Gasteiger partial charge in [0.2, 0.25) is 0 Å². The second-order valence-electron chi connectivity index (χ2n) is 20.6. The minimum atomic E-state index is -1.06. The van der Waals surface area contributed by atoms with Crippen LogP contribution in [0.25, 0.3) is 0 Å². The smallest absolute Gasteiger partial charge is 0.191 e. The van der Waals surface area contributed by atoms with E-state index in [-0.39, 0.29) is 20.9 Å². The van der Waals surface area contributed by atoms with Crippen molar-refractivity contribution in [1.82, 2.24) is 18.7 Å². The first-order chi connectivity index (χ1) is 27.5. The van der Waals surface area contributed by atoms with Gasteiger partial charge in [-0.3, -0.25) is 9.59 Å². The minimum absolute atomic E-state index is 0.0815. The molecule has 0 aromatic carbocycles. The molecule has 0 bridgehead atoms. The maximum atomic E-state index is 12.3. The minimum Gasteiger partial charge on any atom is -0.378 e. The number of thioether (sulfide) groups is 2. The summed E-state index contributed by atoms with van der Waals surface area (Å²) in [6.07, 6.45) is 0.521.